The predicted octanol–water partition coefficient (Wildman–Crippen LogP) is 1.89. The Bertz CT molecular complexity index is 1260. The third-order valence-corrected chi connectivity index (χ3v) is 4.61. The summed E-state index contributed by atoms with van der Waals surface area (Å²) in [6.07, 6.45) is 1.33. The van der Waals surface area contributed by atoms with E-state index in [9.17, 15) is 9.59 Å². The molecule has 28 heavy (non-hydrogen) atoms. The molecule has 3 heterocycles. The van der Waals surface area contributed by atoms with Crippen LogP contribution in [-0.2, 0) is 18.4 Å². The highest BCUT2D eigenvalue weighted by Gasteiger charge is 2.16. The summed E-state index contributed by atoms with van der Waals surface area (Å²) in [5.74, 6) is 0.396. The van der Waals surface area contributed by atoms with Crippen LogP contribution in [0.2, 0.25) is 0 Å². The molecule has 1 amide bonds. The van der Waals surface area contributed by atoms with Crippen LogP contribution < -0.4 is 10.9 Å². The normalized spacial score (nSPS) is 11.1. The molecule has 0 saturated carbocycles. The summed E-state index contributed by atoms with van der Waals surface area (Å²) in [6, 6.07) is 7.07. The predicted molar refractivity (Wildman–Crippen MR) is 104 cm³/mol. The number of fused-ring (bicyclic) bond motifs is 1. The molecule has 11 heteroatoms. The van der Waals surface area contributed by atoms with Gasteiger partial charge in [-0.3, -0.25) is 14.2 Å². The van der Waals surface area contributed by atoms with Crippen LogP contribution >= 0.6 is 15.9 Å². The number of hydrogen-bond acceptors (Lipinski definition) is 7. The van der Waals surface area contributed by atoms with Crippen LogP contribution in [0.5, 0.6) is 0 Å². The van der Waals surface area contributed by atoms with E-state index in [0.717, 1.165) is 0 Å². The Morgan fingerprint density at radius 1 is 1.32 bits per heavy atom. The number of rotatable bonds is 4. The summed E-state index contributed by atoms with van der Waals surface area (Å²) >= 11 is 3.25. The molecule has 0 radical (unpaired) electrons. The molecule has 0 aliphatic heterocycles. The van der Waals surface area contributed by atoms with Gasteiger partial charge in [0.05, 0.1) is 5.69 Å². The first-order valence-electron chi connectivity index (χ1n) is 8.21. The molecule has 0 aliphatic carbocycles. The Balaban J connectivity index is 1.61. The van der Waals surface area contributed by atoms with Crippen molar-refractivity contribution in [2.75, 3.05) is 5.32 Å². The number of nitrogens with zero attached hydrogens (tertiary/aromatic N) is 6. The third kappa shape index (κ3) is 3.20. The summed E-state index contributed by atoms with van der Waals surface area (Å²) in [6.45, 7) is 1.48. The number of nitrogens with one attached hydrogen (secondary N) is 1. The van der Waals surface area contributed by atoms with Gasteiger partial charge in [0.15, 0.2) is 5.65 Å². The number of amides is 1. The van der Waals surface area contributed by atoms with Crippen molar-refractivity contribution in [2.45, 2.75) is 13.5 Å². The first kappa shape index (κ1) is 18.0. The van der Waals surface area contributed by atoms with Gasteiger partial charge in [0.1, 0.15) is 22.9 Å². The fourth-order valence-electron chi connectivity index (χ4n) is 2.79. The minimum absolute atomic E-state index is 0.206. The number of benzene rings is 1. The van der Waals surface area contributed by atoms with Crippen molar-refractivity contribution < 1.29 is 9.32 Å². The van der Waals surface area contributed by atoms with Gasteiger partial charge >= 0.3 is 0 Å². The van der Waals surface area contributed by atoms with E-state index in [1.54, 1.807) is 38.2 Å². The number of aromatic nitrogens is 6. The van der Waals surface area contributed by atoms with Gasteiger partial charge in [-0.15, -0.1) is 0 Å². The van der Waals surface area contributed by atoms with Crippen molar-refractivity contribution in [3.63, 3.8) is 0 Å². The maximum Gasteiger partial charge on any atom is 0.266 e. The van der Waals surface area contributed by atoms with Crippen LogP contribution in [0.4, 0.5) is 5.69 Å². The number of hydrogen-bond donors (Lipinski definition) is 1. The van der Waals surface area contributed by atoms with E-state index in [1.807, 2.05) is 0 Å². The molecule has 0 saturated heterocycles. The molecule has 0 atom stereocenters. The van der Waals surface area contributed by atoms with Gasteiger partial charge in [0, 0.05) is 19.5 Å². The number of carbonyl (C=O) groups is 1. The molecule has 4 rings (SSSR count). The van der Waals surface area contributed by atoms with E-state index in [-0.39, 0.29) is 12.1 Å². The molecule has 0 bridgehead atoms. The molecule has 4 aromatic rings. The minimum Gasteiger partial charge on any atom is -0.339 e. The van der Waals surface area contributed by atoms with Crippen molar-refractivity contribution in [1.29, 1.82) is 0 Å². The maximum atomic E-state index is 12.7. The van der Waals surface area contributed by atoms with E-state index in [4.69, 9.17) is 4.52 Å². The zero-order valence-electron chi connectivity index (χ0n) is 14.9. The monoisotopic (exact) mass is 443 g/mol. The maximum absolute atomic E-state index is 12.7. The van der Waals surface area contributed by atoms with Gasteiger partial charge < -0.3 is 9.84 Å². The summed E-state index contributed by atoms with van der Waals surface area (Å²) < 4.78 is 8.11. The third-order valence-electron chi connectivity index (χ3n) is 4.05. The minimum atomic E-state index is -0.393. The zero-order chi connectivity index (χ0) is 19.8. The van der Waals surface area contributed by atoms with Crippen molar-refractivity contribution in [2.24, 2.45) is 7.05 Å². The summed E-state index contributed by atoms with van der Waals surface area (Å²) in [5, 5.41) is 11.1. The highest BCUT2D eigenvalue weighted by atomic mass is 79.9. The molecule has 0 unspecified atom stereocenters. The first-order chi connectivity index (χ1) is 13.4. The van der Waals surface area contributed by atoms with Gasteiger partial charge in [-0.05, 0) is 28.1 Å². The lowest BCUT2D eigenvalue weighted by molar-refractivity contribution is -0.116. The van der Waals surface area contributed by atoms with E-state index >= 15 is 0 Å². The first-order valence-corrected chi connectivity index (χ1v) is 9.00. The number of para-hydroxylation sites is 1. The quantitative estimate of drug-likeness (QED) is 0.510. The van der Waals surface area contributed by atoms with Crippen molar-refractivity contribution in [3.05, 3.63) is 51.4 Å². The second kappa shape index (κ2) is 7.00. The second-order valence-electron chi connectivity index (χ2n) is 6.02. The van der Waals surface area contributed by atoms with Gasteiger partial charge in [-0.2, -0.15) is 10.1 Å². The lowest BCUT2D eigenvalue weighted by atomic mass is 10.1. The lowest BCUT2D eigenvalue weighted by Crippen LogP contribution is -2.28. The van der Waals surface area contributed by atoms with E-state index < -0.39 is 5.91 Å². The van der Waals surface area contributed by atoms with E-state index in [1.165, 1.54) is 15.6 Å². The summed E-state index contributed by atoms with van der Waals surface area (Å²) in [7, 11) is 1.69. The largest absolute Gasteiger partial charge is 0.339 e. The van der Waals surface area contributed by atoms with E-state index in [2.05, 4.69) is 41.5 Å². The van der Waals surface area contributed by atoms with Crippen molar-refractivity contribution in [3.8, 4) is 11.4 Å². The van der Waals surface area contributed by atoms with Crippen LogP contribution in [0.3, 0.4) is 0 Å². The Kier molecular flexibility index (Phi) is 4.51. The summed E-state index contributed by atoms with van der Waals surface area (Å²) in [4.78, 5) is 33.6. The summed E-state index contributed by atoms with van der Waals surface area (Å²) in [5.41, 5.74) is 1.20. The molecule has 3 aromatic heterocycles. The SMILES string of the molecule is Cc1nc(-c2ccccc2NC(=O)Cn2cnc3c(c(Br)nn3C)c2=O)no1. The topological polar surface area (TPSA) is 121 Å². The molecule has 0 spiro atoms. The fourth-order valence-corrected chi connectivity index (χ4v) is 3.37. The molecule has 1 N–H and O–H groups in total. The van der Waals surface area contributed by atoms with E-state index in [0.29, 0.717) is 38.6 Å². The molecule has 142 valence electrons. The second-order valence-corrected chi connectivity index (χ2v) is 6.77. The van der Waals surface area contributed by atoms with Crippen LogP contribution in [0, 0.1) is 6.92 Å². The highest BCUT2D eigenvalue weighted by molar-refractivity contribution is 9.10. The van der Waals surface area contributed by atoms with Crippen LogP contribution in [0.1, 0.15) is 5.89 Å². The standard InChI is InChI=1S/C17H14BrN7O3/c1-9-20-15(23-28-9)10-5-3-4-6-11(10)21-12(26)7-25-8-19-16-13(17(25)27)14(18)22-24(16)2/h3-6,8H,7H2,1-2H3,(H,21,26). The Hall–Kier alpha value is -3.34. The van der Waals surface area contributed by atoms with Gasteiger partial charge in [0.25, 0.3) is 5.56 Å². The molecule has 0 fully saturated rings. The smallest absolute Gasteiger partial charge is 0.266 e. The number of carbonyl (C=O) groups excluding carboxylic acids is 1. The fraction of sp³-hybridized carbons (Fsp3) is 0.176. The van der Waals surface area contributed by atoms with Crippen LogP contribution in [0.15, 0.2) is 44.5 Å². The number of halogens is 1. The average molecular weight is 444 g/mol. The molecule has 1 aromatic carbocycles. The molecular formula is C17H14BrN7O3. The lowest BCUT2D eigenvalue weighted by Gasteiger charge is -2.10. The van der Waals surface area contributed by atoms with Crippen LogP contribution in [-0.4, -0.2) is 35.4 Å². The molecule has 10 nitrogen and oxygen atoms in total. The van der Waals surface area contributed by atoms with Crippen molar-refractivity contribution >= 4 is 38.6 Å². The number of aryl methyl sites for hydroxylation is 2. The van der Waals surface area contributed by atoms with Gasteiger partial charge in [0.2, 0.25) is 17.6 Å². The van der Waals surface area contributed by atoms with Gasteiger partial charge in [-0.1, -0.05) is 17.3 Å². The Morgan fingerprint density at radius 3 is 2.86 bits per heavy atom. The Labute approximate surface area is 166 Å². The van der Waals surface area contributed by atoms with Gasteiger partial charge in [-0.25, -0.2) is 9.67 Å². The molecular weight excluding hydrogens is 430 g/mol. The molecule has 0 aliphatic rings. The van der Waals surface area contributed by atoms with Crippen molar-refractivity contribution in [1.82, 2.24) is 29.5 Å². The highest BCUT2D eigenvalue weighted by Crippen LogP contribution is 2.25. The van der Waals surface area contributed by atoms with Crippen LogP contribution in [0.25, 0.3) is 22.4 Å². The average Bonchev–Trinajstić information content (AvgIpc) is 3.21. The zero-order valence-corrected chi connectivity index (χ0v) is 16.5. The Morgan fingerprint density at radius 2 is 2.11 bits per heavy atom. The number of anilines is 1.